The van der Waals surface area contributed by atoms with Crippen LogP contribution < -0.4 is 5.32 Å². The number of halogens is 3. The van der Waals surface area contributed by atoms with Crippen LogP contribution in [0.25, 0.3) is 0 Å². The zero-order valence-electron chi connectivity index (χ0n) is 9.32. The number of carbonyl (C=O) groups excluding carboxylic acids is 1. The molecule has 0 aliphatic carbocycles. The van der Waals surface area contributed by atoms with Gasteiger partial charge in [-0.05, 0) is 18.2 Å². The van der Waals surface area contributed by atoms with Crippen LogP contribution in [0.5, 0.6) is 5.75 Å². The van der Waals surface area contributed by atoms with Gasteiger partial charge < -0.3 is 10.4 Å². The Hall–Kier alpha value is -1.49. The zero-order chi connectivity index (χ0) is 14.0. The minimum atomic E-state index is -0.448. The summed E-state index contributed by atoms with van der Waals surface area (Å²) in [6, 6.07) is 4.27. The molecule has 0 aliphatic heterocycles. The average Bonchev–Trinajstić information content (AvgIpc) is 2.36. The Labute approximate surface area is 123 Å². The second-order valence-corrected chi connectivity index (χ2v) is 4.82. The van der Waals surface area contributed by atoms with E-state index in [1.807, 2.05) is 0 Å². The molecule has 2 aromatic rings. The molecule has 0 bridgehead atoms. The van der Waals surface area contributed by atoms with Crippen LogP contribution in [-0.4, -0.2) is 16.0 Å². The third-order valence-corrected chi connectivity index (χ3v) is 3.19. The fraction of sp³-hybridized carbons (Fsp3) is 0. The summed E-state index contributed by atoms with van der Waals surface area (Å²) < 4.78 is 0. The van der Waals surface area contributed by atoms with Crippen LogP contribution in [0.1, 0.15) is 10.4 Å². The molecule has 0 radical (unpaired) electrons. The van der Waals surface area contributed by atoms with Crippen LogP contribution in [-0.2, 0) is 0 Å². The largest absolute Gasteiger partial charge is 0.505 e. The Bertz CT molecular complexity index is 624. The number of rotatable bonds is 2. The summed E-state index contributed by atoms with van der Waals surface area (Å²) in [6.45, 7) is 0. The van der Waals surface area contributed by atoms with Gasteiger partial charge in [0.25, 0.3) is 5.91 Å². The molecule has 0 unspecified atom stereocenters. The number of nitrogens with zero attached hydrogens (tertiary/aromatic N) is 1. The van der Waals surface area contributed by atoms with Crippen molar-refractivity contribution in [3.63, 3.8) is 0 Å². The number of carbonyl (C=O) groups is 1. The summed E-state index contributed by atoms with van der Waals surface area (Å²) in [6.07, 6.45) is 2.83. The number of hydrogen-bond acceptors (Lipinski definition) is 3. The predicted octanol–water partition coefficient (Wildman–Crippen LogP) is 4.00. The monoisotopic (exact) mass is 316 g/mol. The van der Waals surface area contributed by atoms with Gasteiger partial charge in [-0.15, -0.1) is 0 Å². The van der Waals surface area contributed by atoms with Crippen molar-refractivity contribution < 1.29 is 9.90 Å². The molecule has 0 aliphatic rings. The number of phenols is 1. The van der Waals surface area contributed by atoms with Crippen molar-refractivity contribution in [2.45, 2.75) is 0 Å². The lowest BCUT2D eigenvalue weighted by Gasteiger charge is -2.08. The van der Waals surface area contributed by atoms with Crippen molar-refractivity contribution in [2.75, 3.05) is 5.32 Å². The molecule has 0 saturated heterocycles. The minimum absolute atomic E-state index is 0.0417. The standard InChI is InChI=1S/C12H7Cl3N2O2/c13-8-1-2-16-5-7(8)12(19)17-6-3-9(14)11(18)10(15)4-6/h1-5,18H,(H,17,19). The van der Waals surface area contributed by atoms with E-state index in [1.165, 1.54) is 30.6 Å². The lowest BCUT2D eigenvalue weighted by molar-refractivity contribution is 0.102. The van der Waals surface area contributed by atoms with Crippen molar-refractivity contribution >= 4 is 46.4 Å². The number of amides is 1. The molecule has 98 valence electrons. The summed E-state index contributed by atoms with van der Waals surface area (Å²) in [4.78, 5) is 15.8. The van der Waals surface area contributed by atoms with E-state index in [-0.39, 0.29) is 26.4 Å². The van der Waals surface area contributed by atoms with E-state index < -0.39 is 5.91 Å². The number of aromatic nitrogens is 1. The smallest absolute Gasteiger partial charge is 0.258 e. The first-order valence-corrected chi connectivity index (χ1v) is 6.21. The van der Waals surface area contributed by atoms with Crippen molar-refractivity contribution in [2.24, 2.45) is 0 Å². The van der Waals surface area contributed by atoms with E-state index in [4.69, 9.17) is 34.8 Å². The van der Waals surface area contributed by atoms with Gasteiger partial charge in [-0.3, -0.25) is 9.78 Å². The fourth-order valence-corrected chi connectivity index (χ4v) is 2.06. The highest BCUT2D eigenvalue weighted by atomic mass is 35.5. The number of anilines is 1. The molecule has 1 aromatic carbocycles. The molecular weight excluding hydrogens is 311 g/mol. The van der Waals surface area contributed by atoms with Gasteiger partial charge in [0, 0.05) is 18.1 Å². The number of nitrogens with one attached hydrogen (secondary N) is 1. The van der Waals surface area contributed by atoms with Gasteiger partial charge in [0.15, 0.2) is 5.75 Å². The van der Waals surface area contributed by atoms with E-state index in [1.54, 1.807) is 0 Å². The molecule has 1 amide bonds. The SMILES string of the molecule is O=C(Nc1cc(Cl)c(O)c(Cl)c1)c1cnccc1Cl. The lowest BCUT2D eigenvalue weighted by Crippen LogP contribution is -2.12. The van der Waals surface area contributed by atoms with E-state index >= 15 is 0 Å². The molecule has 1 heterocycles. The maximum absolute atomic E-state index is 12.0. The summed E-state index contributed by atoms with van der Waals surface area (Å²) in [5.74, 6) is -0.684. The molecule has 0 atom stereocenters. The Morgan fingerprint density at radius 1 is 1.16 bits per heavy atom. The molecule has 2 N–H and O–H groups in total. The highest BCUT2D eigenvalue weighted by Crippen LogP contribution is 2.34. The number of phenolic OH excluding ortho intramolecular Hbond substituents is 1. The highest BCUT2D eigenvalue weighted by Gasteiger charge is 2.13. The number of benzene rings is 1. The second kappa shape index (κ2) is 5.65. The summed E-state index contributed by atoms with van der Waals surface area (Å²) in [7, 11) is 0. The number of aromatic hydroxyl groups is 1. The first-order valence-electron chi connectivity index (χ1n) is 5.08. The third kappa shape index (κ3) is 3.10. The molecule has 0 fully saturated rings. The first kappa shape index (κ1) is 13.9. The second-order valence-electron chi connectivity index (χ2n) is 3.60. The van der Waals surface area contributed by atoms with E-state index in [2.05, 4.69) is 10.3 Å². The Morgan fingerprint density at radius 2 is 1.79 bits per heavy atom. The average molecular weight is 318 g/mol. The van der Waals surface area contributed by atoms with Crippen LogP contribution in [0.3, 0.4) is 0 Å². The number of pyridine rings is 1. The van der Waals surface area contributed by atoms with Gasteiger partial charge >= 0.3 is 0 Å². The van der Waals surface area contributed by atoms with Gasteiger partial charge in [0.1, 0.15) is 0 Å². The molecule has 19 heavy (non-hydrogen) atoms. The maximum atomic E-state index is 12.0. The van der Waals surface area contributed by atoms with Crippen LogP contribution in [0.2, 0.25) is 15.1 Å². The normalized spacial score (nSPS) is 10.3. The van der Waals surface area contributed by atoms with Gasteiger partial charge in [-0.1, -0.05) is 34.8 Å². The van der Waals surface area contributed by atoms with E-state index in [0.29, 0.717) is 5.69 Å². The Balaban J connectivity index is 2.27. The lowest BCUT2D eigenvalue weighted by atomic mass is 10.2. The van der Waals surface area contributed by atoms with Gasteiger partial charge in [-0.2, -0.15) is 0 Å². The van der Waals surface area contributed by atoms with E-state index in [0.717, 1.165) is 0 Å². The van der Waals surface area contributed by atoms with E-state index in [9.17, 15) is 9.90 Å². The predicted molar refractivity (Wildman–Crippen MR) is 75.3 cm³/mol. The first-order chi connectivity index (χ1) is 8.99. The van der Waals surface area contributed by atoms with Gasteiger partial charge in [-0.25, -0.2) is 0 Å². The molecular formula is C12H7Cl3N2O2. The Kier molecular flexibility index (Phi) is 4.14. The van der Waals surface area contributed by atoms with Gasteiger partial charge in [0.2, 0.25) is 0 Å². The van der Waals surface area contributed by atoms with Crippen molar-refractivity contribution in [1.82, 2.24) is 4.98 Å². The number of hydrogen-bond donors (Lipinski definition) is 2. The maximum Gasteiger partial charge on any atom is 0.258 e. The summed E-state index contributed by atoms with van der Waals surface area (Å²) in [5.41, 5.74) is 0.571. The molecule has 2 rings (SSSR count). The van der Waals surface area contributed by atoms with Gasteiger partial charge in [0.05, 0.1) is 20.6 Å². The summed E-state index contributed by atoms with van der Waals surface area (Å²) >= 11 is 17.4. The molecule has 7 heteroatoms. The molecule has 0 saturated carbocycles. The zero-order valence-corrected chi connectivity index (χ0v) is 11.6. The van der Waals surface area contributed by atoms with Crippen molar-refractivity contribution in [3.05, 3.63) is 51.2 Å². The topological polar surface area (TPSA) is 62.2 Å². The third-order valence-electron chi connectivity index (χ3n) is 2.29. The van der Waals surface area contributed by atoms with Crippen molar-refractivity contribution in [1.29, 1.82) is 0 Å². The van der Waals surface area contributed by atoms with Crippen molar-refractivity contribution in [3.8, 4) is 5.75 Å². The fourth-order valence-electron chi connectivity index (χ4n) is 1.38. The highest BCUT2D eigenvalue weighted by molar-refractivity contribution is 6.38. The summed E-state index contributed by atoms with van der Waals surface area (Å²) in [5, 5.41) is 12.3. The minimum Gasteiger partial charge on any atom is -0.505 e. The Morgan fingerprint density at radius 3 is 2.37 bits per heavy atom. The molecule has 1 aromatic heterocycles. The van der Waals surface area contributed by atoms with Crippen LogP contribution >= 0.6 is 34.8 Å². The quantitative estimate of drug-likeness (QED) is 0.823. The van der Waals surface area contributed by atoms with Crippen LogP contribution in [0.4, 0.5) is 5.69 Å². The van der Waals surface area contributed by atoms with Crippen LogP contribution in [0.15, 0.2) is 30.6 Å². The molecule has 0 spiro atoms. The molecule has 4 nitrogen and oxygen atoms in total. The van der Waals surface area contributed by atoms with Crippen LogP contribution in [0, 0.1) is 0 Å².